The Labute approximate surface area is 93.7 Å². The number of aryl methyl sites for hydroxylation is 1. The largest absolute Gasteiger partial charge is 0.294 e. The van der Waals surface area contributed by atoms with E-state index in [0.29, 0.717) is 6.42 Å². The van der Waals surface area contributed by atoms with E-state index in [0.717, 1.165) is 22.9 Å². The highest BCUT2D eigenvalue weighted by atomic mass is 79.9. The van der Waals surface area contributed by atoms with Crippen LogP contribution in [0, 0.1) is 0 Å². The lowest BCUT2D eigenvalue weighted by Crippen LogP contribution is -2.02. The molecule has 0 amide bonds. The van der Waals surface area contributed by atoms with Gasteiger partial charge in [-0.05, 0) is 17.5 Å². The van der Waals surface area contributed by atoms with Gasteiger partial charge in [0.05, 0.1) is 0 Å². The zero-order valence-electron chi connectivity index (χ0n) is 8.64. The summed E-state index contributed by atoms with van der Waals surface area (Å²) >= 11 is 3.41. The maximum Gasteiger partial charge on any atom is 0.162 e. The molecule has 0 unspecified atom stereocenters. The molecule has 0 saturated heterocycles. The number of rotatable bonds is 4. The lowest BCUT2D eigenvalue weighted by Gasteiger charge is -2.07. The van der Waals surface area contributed by atoms with Gasteiger partial charge >= 0.3 is 0 Å². The van der Waals surface area contributed by atoms with Crippen LogP contribution in [0.15, 0.2) is 18.2 Å². The highest BCUT2D eigenvalue weighted by Gasteiger charge is 2.08. The Balaban J connectivity index is 3.11. The van der Waals surface area contributed by atoms with Gasteiger partial charge < -0.3 is 0 Å². The molecule has 1 nitrogen and oxygen atoms in total. The first-order chi connectivity index (χ1) is 6.72. The van der Waals surface area contributed by atoms with Gasteiger partial charge in [0, 0.05) is 17.3 Å². The van der Waals surface area contributed by atoms with Crippen molar-refractivity contribution >= 4 is 21.7 Å². The third-order valence-corrected chi connectivity index (χ3v) is 2.97. The van der Waals surface area contributed by atoms with Crippen LogP contribution in [-0.4, -0.2) is 5.78 Å². The summed E-state index contributed by atoms with van der Waals surface area (Å²) in [6.45, 7) is 3.99. The fourth-order valence-corrected chi connectivity index (χ4v) is 1.83. The first-order valence-corrected chi connectivity index (χ1v) is 6.06. The van der Waals surface area contributed by atoms with Gasteiger partial charge in [0.15, 0.2) is 5.78 Å². The van der Waals surface area contributed by atoms with Crippen molar-refractivity contribution in [3.63, 3.8) is 0 Å². The van der Waals surface area contributed by atoms with Crippen molar-refractivity contribution in [3.05, 3.63) is 34.9 Å². The minimum atomic E-state index is 0.239. The van der Waals surface area contributed by atoms with Gasteiger partial charge in [-0.3, -0.25) is 4.79 Å². The molecule has 0 fully saturated rings. The van der Waals surface area contributed by atoms with Gasteiger partial charge in [-0.25, -0.2) is 0 Å². The van der Waals surface area contributed by atoms with E-state index in [1.807, 2.05) is 19.1 Å². The molecule has 0 aromatic heterocycles. The number of carbonyl (C=O) groups excluding carboxylic acids is 1. The number of hydrogen-bond donors (Lipinski definition) is 0. The number of halogens is 1. The molecule has 0 radical (unpaired) electrons. The van der Waals surface area contributed by atoms with E-state index in [1.54, 1.807) is 0 Å². The van der Waals surface area contributed by atoms with E-state index in [2.05, 4.69) is 28.9 Å². The first kappa shape index (κ1) is 11.4. The maximum absolute atomic E-state index is 11.6. The molecule has 2 heteroatoms. The number of benzene rings is 1. The van der Waals surface area contributed by atoms with Crippen LogP contribution >= 0.6 is 15.9 Å². The lowest BCUT2D eigenvalue weighted by atomic mass is 9.98. The third-order valence-electron chi connectivity index (χ3n) is 2.33. The van der Waals surface area contributed by atoms with Crippen LogP contribution in [0.4, 0.5) is 0 Å². The van der Waals surface area contributed by atoms with E-state index in [4.69, 9.17) is 0 Å². The normalized spacial score (nSPS) is 10.2. The smallest absolute Gasteiger partial charge is 0.162 e. The predicted molar refractivity (Wildman–Crippen MR) is 63.1 cm³/mol. The Hall–Kier alpha value is -0.630. The molecule has 0 aliphatic heterocycles. The van der Waals surface area contributed by atoms with E-state index in [9.17, 15) is 4.79 Å². The first-order valence-electron chi connectivity index (χ1n) is 4.93. The molecule has 0 aliphatic rings. The van der Waals surface area contributed by atoms with Crippen molar-refractivity contribution in [2.75, 3.05) is 0 Å². The lowest BCUT2D eigenvalue weighted by molar-refractivity contribution is 0.0987. The molecule has 1 aromatic rings. The molecular formula is C12H15BrO. The second kappa shape index (κ2) is 5.30. The summed E-state index contributed by atoms with van der Waals surface area (Å²) in [5.41, 5.74) is 3.28. The summed E-state index contributed by atoms with van der Waals surface area (Å²) in [7, 11) is 0. The summed E-state index contributed by atoms with van der Waals surface area (Å²) in [6.07, 6.45) is 1.50. The van der Waals surface area contributed by atoms with E-state index in [-0.39, 0.29) is 5.78 Å². The number of hydrogen-bond acceptors (Lipinski definition) is 1. The second-order valence-electron chi connectivity index (χ2n) is 3.26. The Morgan fingerprint density at radius 3 is 2.57 bits per heavy atom. The topological polar surface area (TPSA) is 17.1 Å². The van der Waals surface area contributed by atoms with Crippen molar-refractivity contribution in [2.24, 2.45) is 0 Å². The van der Waals surface area contributed by atoms with Crippen LogP contribution in [0.25, 0.3) is 0 Å². The average molecular weight is 255 g/mol. The average Bonchev–Trinajstić information content (AvgIpc) is 2.27. The van der Waals surface area contributed by atoms with Crippen molar-refractivity contribution in [3.8, 4) is 0 Å². The van der Waals surface area contributed by atoms with Crippen molar-refractivity contribution in [1.82, 2.24) is 0 Å². The zero-order valence-corrected chi connectivity index (χ0v) is 10.2. The molecule has 0 atom stereocenters. The van der Waals surface area contributed by atoms with Gasteiger partial charge in [-0.15, -0.1) is 0 Å². The number of carbonyl (C=O) groups is 1. The van der Waals surface area contributed by atoms with E-state index < -0.39 is 0 Å². The van der Waals surface area contributed by atoms with Gasteiger partial charge in [-0.1, -0.05) is 48.0 Å². The molecule has 14 heavy (non-hydrogen) atoms. The molecule has 0 heterocycles. The minimum absolute atomic E-state index is 0.239. The van der Waals surface area contributed by atoms with Crippen molar-refractivity contribution in [2.45, 2.75) is 32.0 Å². The van der Waals surface area contributed by atoms with Gasteiger partial charge in [-0.2, -0.15) is 0 Å². The Morgan fingerprint density at radius 2 is 2.07 bits per heavy atom. The fraction of sp³-hybridized carbons (Fsp3) is 0.417. The summed E-state index contributed by atoms with van der Waals surface area (Å²) in [5.74, 6) is 0.239. The molecule has 1 rings (SSSR count). The van der Waals surface area contributed by atoms with Gasteiger partial charge in [0.1, 0.15) is 0 Å². The van der Waals surface area contributed by atoms with Crippen LogP contribution in [0.1, 0.15) is 41.8 Å². The van der Waals surface area contributed by atoms with Crippen LogP contribution < -0.4 is 0 Å². The van der Waals surface area contributed by atoms with Crippen LogP contribution in [-0.2, 0) is 11.8 Å². The summed E-state index contributed by atoms with van der Waals surface area (Å²) in [5, 5.41) is 0.848. The maximum atomic E-state index is 11.6. The number of ketones is 1. The van der Waals surface area contributed by atoms with Crippen molar-refractivity contribution < 1.29 is 4.79 Å². The monoisotopic (exact) mass is 254 g/mol. The molecule has 0 saturated carbocycles. The van der Waals surface area contributed by atoms with Gasteiger partial charge in [0.25, 0.3) is 0 Å². The van der Waals surface area contributed by atoms with E-state index in [1.165, 1.54) is 5.56 Å². The Bertz CT molecular complexity index is 331. The summed E-state index contributed by atoms with van der Waals surface area (Å²) in [4.78, 5) is 11.6. The van der Waals surface area contributed by atoms with Crippen LogP contribution in [0.2, 0.25) is 0 Å². The quantitative estimate of drug-likeness (QED) is 0.591. The Morgan fingerprint density at radius 1 is 1.36 bits per heavy atom. The molecule has 1 aromatic carbocycles. The van der Waals surface area contributed by atoms with Gasteiger partial charge in [0.2, 0.25) is 0 Å². The molecule has 76 valence electrons. The Kier molecular flexibility index (Phi) is 4.33. The molecule has 0 aliphatic carbocycles. The van der Waals surface area contributed by atoms with Crippen LogP contribution in [0.3, 0.4) is 0 Å². The molecular weight excluding hydrogens is 240 g/mol. The second-order valence-corrected chi connectivity index (χ2v) is 3.82. The predicted octanol–water partition coefficient (Wildman–Crippen LogP) is 3.74. The molecule has 0 bridgehead atoms. The molecule has 0 N–H and O–H groups in total. The number of Topliss-reactive ketones (excluding diaryl/α,β-unsaturated/α-hetero) is 1. The summed E-state index contributed by atoms with van der Waals surface area (Å²) in [6, 6.07) is 6.07. The highest BCUT2D eigenvalue weighted by Crippen LogP contribution is 2.16. The summed E-state index contributed by atoms with van der Waals surface area (Å²) < 4.78 is 0. The standard InChI is InChI=1S/C12H15BrO/c1-3-10-7-9(8-13)5-6-11(10)12(14)4-2/h5-7H,3-4,8H2,1-2H3. The third kappa shape index (κ3) is 2.44. The van der Waals surface area contributed by atoms with Crippen LogP contribution in [0.5, 0.6) is 0 Å². The number of alkyl halides is 1. The minimum Gasteiger partial charge on any atom is -0.294 e. The fourth-order valence-electron chi connectivity index (χ4n) is 1.49. The SMILES string of the molecule is CCC(=O)c1ccc(CBr)cc1CC. The highest BCUT2D eigenvalue weighted by molar-refractivity contribution is 9.08. The van der Waals surface area contributed by atoms with Crippen molar-refractivity contribution in [1.29, 1.82) is 0 Å². The zero-order chi connectivity index (χ0) is 10.6. The van der Waals surface area contributed by atoms with E-state index >= 15 is 0 Å². The molecule has 0 spiro atoms.